The Labute approximate surface area is 169 Å². The summed E-state index contributed by atoms with van der Waals surface area (Å²) in [6.45, 7) is 6.50. The van der Waals surface area contributed by atoms with Crippen LogP contribution in [0.4, 0.5) is 22.0 Å². The standard InChI is InChI=1S/C21H25FN6O/c1-21(2)7-10-28(11-8-21)20-23-9-6-18(25-20)24-19-13-16(26-27-19)14-4-5-17(29-3)15(22)12-14/h4-6,9,12-13H,7-8,10-11H2,1-3H3,(H2,23,24,25,26,27). The Bertz CT molecular complexity index is 992. The van der Waals surface area contributed by atoms with E-state index in [4.69, 9.17) is 4.74 Å². The zero-order valence-electron chi connectivity index (χ0n) is 16.9. The van der Waals surface area contributed by atoms with Crippen LogP contribution < -0.4 is 15.0 Å². The molecule has 3 heterocycles. The lowest BCUT2D eigenvalue weighted by Crippen LogP contribution is -2.38. The van der Waals surface area contributed by atoms with Gasteiger partial charge in [0.15, 0.2) is 17.4 Å². The summed E-state index contributed by atoms with van der Waals surface area (Å²) < 4.78 is 18.9. The van der Waals surface area contributed by atoms with Gasteiger partial charge in [0.2, 0.25) is 5.95 Å². The molecular formula is C21H25FN6O. The predicted octanol–water partition coefficient (Wildman–Crippen LogP) is 4.38. The number of halogens is 1. The molecule has 1 aromatic carbocycles. The molecule has 0 aliphatic carbocycles. The van der Waals surface area contributed by atoms with E-state index in [0.717, 1.165) is 31.9 Å². The third-order valence-electron chi connectivity index (χ3n) is 5.34. The summed E-state index contributed by atoms with van der Waals surface area (Å²) in [5.41, 5.74) is 1.75. The molecule has 29 heavy (non-hydrogen) atoms. The Morgan fingerprint density at radius 1 is 1.14 bits per heavy atom. The highest BCUT2D eigenvalue weighted by Gasteiger charge is 2.26. The lowest BCUT2D eigenvalue weighted by Gasteiger charge is -2.36. The SMILES string of the molecule is COc1ccc(-c2cc(Nc3ccnc(N4CCC(C)(C)CC4)n3)n[nH]2)cc1F. The first-order valence-electron chi connectivity index (χ1n) is 9.68. The molecule has 8 heteroatoms. The van der Waals surface area contributed by atoms with Crippen molar-refractivity contribution < 1.29 is 9.13 Å². The average molecular weight is 396 g/mol. The summed E-state index contributed by atoms with van der Waals surface area (Å²) in [7, 11) is 1.44. The lowest BCUT2D eigenvalue weighted by molar-refractivity contribution is 0.278. The molecule has 0 bridgehead atoms. The Morgan fingerprint density at radius 3 is 2.66 bits per heavy atom. The van der Waals surface area contributed by atoms with Crippen LogP contribution in [-0.4, -0.2) is 40.4 Å². The highest BCUT2D eigenvalue weighted by atomic mass is 19.1. The highest BCUT2D eigenvalue weighted by Crippen LogP contribution is 2.31. The smallest absolute Gasteiger partial charge is 0.227 e. The van der Waals surface area contributed by atoms with Crippen molar-refractivity contribution in [2.45, 2.75) is 26.7 Å². The van der Waals surface area contributed by atoms with E-state index in [9.17, 15) is 4.39 Å². The monoisotopic (exact) mass is 396 g/mol. The second-order valence-electron chi connectivity index (χ2n) is 8.03. The first kappa shape index (κ1) is 19.2. The molecule has 0 radical (unpaired) electrons. The quantitative estimate of drug-likeness (QED) is 0.666. The summed E-state index contributed by atoms with van der Waals surface area (Å²) in [4.78, 5) is 11.3. The topological polar surface area (TPSA) is 79.0 Å². The number of anilines is 3. The van der Waals surface area contributed by atoms with Gasteiger partial charge in [0, 0.05) is 30.9 Å². The maximum Gasteiger partial charge on any atom is 0.227 e. The van der Waals surface area contributed by atoms with Crippen LogP contribution in [0.1, 0.15) is 26.7 Å². The normalized spacial score (nSPS) is 15.9. The number of benzene rings is 1. The van der Waals surface area contributed by atoms with Crippen molar-refractivity contribution in [2.75, 3.05) is 30.4 Å². The van der Waals surface area contributed by atoms with E-state index in [1.807, 2.05) is 6.07 Å². The molecule has 0 atom stereocenters. The number of aromatic nitrogens is 4. The van der Waals surface area contributed by atoms with Gasteiger partial charge in [-0.25, -0.2) is 9.37 Å². The van der Waals surface area contributed by atoms with Gasteiger partial charge < -0.3 is 15.0 Å². The molecule has 0 saturated carbocycles. The number of H-pyrrole nitrogens is 1. The van der Waals surface area contributed by atoms with E-state index in [1.165, 1.54) is 13.2 Å². The van der Waals surface area contributed by atoms with Crippen LogP contribution in [0.15, 0.2) is 36.5 Å². The fourth-order valence-corrected chi connectivity index (χ4v) is 3.38. The van der Waals surface area contributed by atoms with Crippen LogP contribution in [0.25, 0.3) is 11.3 Å². The third kappa shape index (κ3) is 4.31. The average Bonchev–Trinajstić information content (AvgIpc) is 3.16. The Morgan fingerprint density at radius 2 is 1.93 bits per heavy atom. The summed E-state index contributed by atoms with van der Waals surface area (Å²) in [6, 6.07) is 8.40. The Balaban J connectivity index is 1.47. The van der Waals surface area contributed by atoms with Crippen LogP contribution in [0.2, 0.25) is 0 Å². The van der Waals surface area contributed by atoms with E-state index in [2.05, 4.69) is 44.2 Å². The highest BCUT2D eigenvalue weighted by molar-refractivity contribution is 5.66. The number of rotatable bonds is 5. The maximum atomic E-state index is 14.0. The number of methoxy groups -OCH3 is 1. The van der Waals surface area contributed by atoms with Crippen molar-refractivity contribution in [3.63, 3.8) is 0 Å². The van der Waals surface area contributed by atoms with Crippen LogP contribution in [0, 0.1) is 11.2 Å². The van der Waals surface area contributed by atoms with E-state index in [0.29, 0.717) is 28.3 Å². The molecule has 7 nitrogen and oxygen atoms in total. The van der Waals surface area contributed by atoms with E-state index in [-0.39, 0.29) is 5.75 Å². The molecule has 1 saturated heterocycles. The largest absolute Gasteiger partial charge is 0.494 e. The number of hydrogen-bond donors (Lipinski definition) is 2. The minimum Gasteiger partial charge on any atom is -0.494 e. The Kier molecular flexibility index (Phi) is 5.08. The first-order chi connectivity index (χ1) is 13.9. The number of nitrogens with zero attached hydrogens (tertiary/aromatic N) is 4. The van der Waals surface area contributed by atoms with E-state index >= 15 is 0 Å². The van der Waals surface area contributed by atoms with Crippen molar-refractivity contribution in [1.82, 2.24) is 20.2 Å². The van der Waals surface area contributed by atoms with Gasteiger partial charge >= 0.3 is 0 Å². The number of ether oxygens (including phenoxy) is 1. The number of hydrogen-bond acceptors (Lipinski definition) is 6. The molecule has 2 N–H and O–H groups in total. The van der Waals surface area contributed by atoms with Crippen LogP contribution >= 0.6 is 0 Å². The summed E-state index contributed by atoms with van der Waals surface area (Å²) in [5.74, 6) is 1.78. The first-order valence-corrected chi connectivity index (χ1v) is 9.68. The number of nitrogens with one attached hydrogen (secondary N) is 2. The zero-order valence-corrected chi connectivity index (χ0v) is 16.9. The molecule has 3 aromatic rings. The Hall–Kier alpha value is -3.16. The van der Waals surface area contributed by atoms with Gasteiger partial charge in [0.1, 0.15) is 5.82 Å². The van der Waals surface area contributed by atoms with Crippen molar-refractivity contribution >= 4 is 17.6 Å². The lowest BCUT2D eigenvalue weighted by atomic mass is 9.83. The second-order valence-corrected chi connectivity index (χ2v) is 8.03. The van der Waals surface area contributed by atoms with Crippen LogP contribution in [0.3, 0.4) is 0 Å². The van der Waals surface area contributed by atoms with Gasteiger partial charge in [0.25, 0.3) is 0 Å². The maximum absolute atomic E-state index is 14.0. The molecule has 2 aromatic heterocycles. The van der Waals surface area contributed by atoms with Gasteiger partial charge in [-0.05, 0) is 42.5 Å². The second kappa shape index (κ2) is 7.69. The van der Waals surface area contributed by atoms with Gasteiger partial charge in [-0.3, -0.25) is 5.10 Å². The molecule has 1 fully saturated rings. The minimum atomic E-state index is -0.417. The van der Waals surface area contributed by atoms with Gasteiger partial charge in [-0.1, -0.05) is 13.8 Å². The van der Waals surface area contributed by atoms with Gasteiger partial charge in [-0.15, -0.1) is 0 Å². The van der Waals surface area contributed by atoms with Crippen molar-refractivity contribution in [1.29, 1.82) is 0 Å². The molecular weight excluding hydrogens is 371 g/mol. The fraction of sp³-hybridized carbons (Fsp3) is 0.381. The number of piperidine rings is 1. The van der Waals surface area contributed by atoms with Crippen LogP contribution in [-0.2, 0) is 0 Å². The van der Waals surface area contributed by atoms with E-state index < -0.39 is 5.82 Å². The fourth-order valence-electron chi connectivity index (χ4n) is 3.38. The minimum absolute atomic E-state index is 0.209. The molecule has 0 amide bonds. The van der Waals surface area contributed by atoms with Crippen molar-refractivity contribution in [3.8, 4) is 17.0 Å². The molecule has 4 rings (SSSR count). The van der Waals surface area contributed by atoms with E-state index in [1.54, 1.807) is 24.4 Å². The zero-order chi connectivity index (χ0) is 20.4. The predicted molar refractivity (Wildman–Crippen MR) is 111 cm³/mol. The van der Waals surface area contributed by atoms with Crippen molar-refractivity contribution in [3.05, 3.63) is 42.3 Å². The molecule has 1 aliphatic rings. The summed E-state index contributed by atoms with van der Waals surface area (Å²) in [5, 5.41) is 10.4. The molecule has 0 spiro atoms. The molecule has 152 valence electrons. The molecule has 0 unspecified atom stereocenters. The third-order valence-corrected chi connectivity index (χ3v) is 5.34. The molecule has 1 aliphatic heterocycles. The van der Waals surface area contributed by atoms with Gasteiger partial charge in [0.05, 0.1) is 12.8 Å². The number of aromatic amines is 1. The van der Waals surface area contributed by atoms with Crippen LogP contribution in [0.5, 0.6) is 5.75 Å². The summed E-state index contributed by atoms with van der Waals surface area (Å²) in [6.07, 6.45) is 3.99. The van der Waals surface area contributed by atoms with Crippen molar-refractivity contribution in [2.24, 2.45) is 5.41 Å². The van der Waals surface area contributed by atoms with Gasteiger partial charge in [-0.2, -0.15) is 10.1 Å². The summed E-state index contributed by atoms with van der Waals surface area (Å²) >= 11 is 0.